The fraction of sp³-hybridized carbons (Fsp3) is 0.0526. The van der Waals surface area contributed by atoms with E-state index in [0.29, 0.717) is 11.8 Å². The highest BCUT2D eigenvalue weighted by atomic mass is 16.5. The van der Waals surface area contributed by atoms with E-state index >= 15 is 0 Å². The Morgan fingerprint density at radius 2 is 1.48 bits per heavy atom. The summed E-state index contributed by atoms with van der Waals surface area (Å²) in [7, 11) is 1.63. The third kappa shape index (κ3) is 2.55. The van der Waals surface area contributed by atoms with Crippen LogP contribution in [-0.2, 0) is 0 Å². The van der Waals surface area contributed by atoms with Crippen LogP contribution in [0.4, 0.5) is 0 Å². The molecule has 112 valence electrons. The summed E-state index contributed by atoms with van der Waals surface area (Å²) in [6, 6.07) is 21.9. The van der Waals surface area contributed by atoms with Gasteiger partial charge in [0.05, 0.1) is 7.11 Å². The second kappa shape index (κ2) is 5.57. The van der Waals surface area contributed by atoms with Gasteiger partial charge < -0.3 is 9.15 Å². The molecule has 0 aliphatic heterocycles. The first-order valence-corrected chi connectivity index (χ1v) is 7.30. The fourth-order valence-corrected chi connectivity index (χ4v) is 2.53. The van der Waals surface area contributed by atoms with Crippen molar-refractivity contribution in [2.24, 2.45) is 0 Å². The monoisotopic (exact) mass is 302 g/mol. The van der Waals surface area contributed by atoms with Crippen molar-refractivity contribution in [3.63, 3.8) is 0 Å². The number of hydrogen-bond acceptors (Lipinski definition) is 4. The van der Waals surface area contributed by atoms with Crippen molar-refractivity contribution >= 4 is 10.8 Å². The Morgan fingerprint density at radius 1 is 0.739 bits per heavy atom. The highest BCUT2D eigenvalue weighted by Gasteiger charge is 2.11. The second-order valence-electron chi connectivity index (χ2n) is 5.21. The molecule has 0 atom stereocenters. The van der Waals surface area contributed by atoms with Crippen LogP contribution in [0, 0.1) is 0 Å². The van der Waals surface area contributed by atoms with Crippen molar-refractivity contribution in [2.45, 2.75) is 0 Å². The van der Waals surface area contributed by atoms with Crippen LogP contribution in [-0.4, -0.2) is 17.3 Å². The van der Waals surface area contributed by atoms with Gasteiger partial charge in [0.1, 0.15) is 5.75 Å². The average molecular weight is 302 g/mol. The molecule has 0 amide bonds. The smallest absolute Gasteiger partial charge is 0.248 e. The lowest BCUT2D eigenvalue weighted by Crippen LogP contribution is -1.83. The Hall–Kier alpha value is -3.14. The molecular weight excluding hydrogens is 288 g/mol. The molecule has 4 rings (SSSR count). The summed E-state index contributed by atoms with van der Waals surface area (Å²) in [6.45, 7) is 0. The molecule has 1 aromatic heterocycles. The van der Waals surface area contributed by atoms with E-state index in [2.05, 4.69) is 34.5 Å². The molecule has 0 N–H and O–H groups in total. The number of nitrogens with zero attached hydrogens (tertiary/aromatic N) is 2. The maximum absolute atomic E-state index is 5.83. The zero-order valence-electron chi connectivity index (χ0n) is 12.6. The van der Waals surface area contributed by atoms with Gasteiger partial charge in [0.2, 0.25) is 11.8 Å². The van der Waals surface area contributed by atoms with Crippen molar-refractivity contribution in [1.82, 2.24) is 10.2 Å². The van der Waals surface area contributed by atoms with Crippen molar-refractivity contribution in [1.29, 1.82) is 0 Å². The Bertz CT molecular complexity index is 976. The fourth-order valence-electron chi connectivity index (χ4n) is 2.53. The van der Waals surface area contributed by atoms with Crippen LogP contribution in [0.25, 0.3) is 33.7 Å². The topological polar surface area (TPSA) is 48.2 Å². The Kier molecular flexibility index (Phi) is 3.27. The third-order valence-electron chi connectivity index (χ3n) is 3.74. The van der Waals surface area contributed by atoms with Gasteiger partial charge in [-0.2, -0.15) is 0 Å². The van der Waals surface area contributed by atoms with Gasteiger partial charge in [-0.1, -0.05) is 36.4 Å². The third-order valence-corrected chi connectivity index (χ3v) is 3.74. The molecule has 3 aromatic carbocycles. The molecule has 0 saturated heterocycles. The maximum atomic E-state index is 5.83. The molecule has 0 saturated carbocycles. The standard InChI is InChI=1S/C19H14N2O2/c1-22-17-8-4-7-15(12-17)18-20-21-19(23-18)16-10-9-13-5-2-3-6-14(13)11-16/h2-12H,1H3. The molecular formula is C19H14N2O2. The lowest BCUT2D eigenvalue weighted by molar-refractivity contribution is 0.415. The molecule has 4 aromatic rings. The van der Waals surface area contributed by atoms with Crippen molar-refractivity contribution in [2.75, 3.05) is 7.11 Å². The number of methoxy groups -OCH3 is 1. The van der Waals surface area contributed by atoms with Gasteiger partial charge in [0.25, 0.3) is 0 Å². The molecule has 0 radical (unpaired) electrons. The summed E-state index contributed by atoms with van der Waals surface area (Å²) in [6.07, 6.45) is 0. The molecule has 0 aliphatic rings. The van der Waals surface area contributed by atoms with Crippen molar-refractivity contribution in [3.05, 3.63) is 66.7 Å². The van der Waals surface area contributed by atoms with E-state index in [4.69, 9.17) is 9.15 Å². The number of hydrogen-bond donors (Lipinski definition) is 0. The molecule has 0 unspecified atom stereocenters. The normalized spacial score (nSPS) is 10.8. The van der Waals surface area contributed by atoms with Crippen LogP contribution in [0.2, 0.25) is 0 Å². The summed E-state index contributed by atoms with van der Waals surface area (Å²) < 4.78 is 11.1. The summed E-state index contributed by atoms with van der Waals surface area (Å²) in [5, 5.41) is 10.6. The number of aromatic nitrogens is 2. The minimum absolute atomic E-state index is 0.479. The first-order valence-electron chi connectivity index (χ1n) is 7.30. The van der Waals surface area contributed by atoms with E-state index in [1.807, 2.05) is 42.5 Å². The van der Waals surface area contributed by atoms with E-state index in [1.54, 1.807) is 7.11 Å². The van der Waals surface area contributed by atoms with Gasteiger partial charge in [-0.05, 0) is 41.1 Å². The molecule has 1 heterocycles. The van der Waals surface area contributed by atoms with E-state index in [1.165, 1.54) is 5.39 Å². The first kappa shape index (κ1) is 13.5. The molecule has 4 nitrogen and oxygen atoms in total. The predicted molar refractivity (Wildman–Crippen MR) is 89.2 cm³/mol. The summed E-state index contributed by atoms with van der Waals surface area (Å²) in [5.41, 5.74) is 1.74. The highest BCUT2D eigenvalue weighted by molar-refractivity contribution is 5.86. The Labute approximate surface area is 133 Å². The van der Waals surface area contributed by atoms with Crippen LogP contribution >= 0.6 is 0 Å². The van der Waals surface area contributed by atoms with E-state index in [9.17, 15) is 0 Å². The molecule has 0 spiro atoms. The summed E-state index contributed by atoms with van der Waals surface area (Å²) in [5.74, 6) is 1.74. The maximum Gasteiger partial charge on any atom is 0.248 e. The Balaban J connectivity index is 1.73. The van der Waals surface area contributed by atoms with Crippen LogP contribution < -0.4 is 4.74 Å². The lowest BCUT2D eigenvalue weighted by atomic mass is 10.1. The van der Waals surface area contributed by atoms with E-state index in [0.717, 1.165) is 22.3 Å². The quantitative estimate of drug-likeness (QED) is 0.556. The number of benzene rings is 3. The zero-order chi connectivity index (χ0) is 15.6. The van der Waals surface area contributed by atoms with Crippen LogP contribution in [0.5, 0.6) is 5.75 Å². The van der Waals surface area contributed by atoms with Crippen molar-refractivity contribution in [3.8, 4) is 28.7 Å². The van der Waals surface area contributed by atoms with Crippen LogP contribution in [0.1, 0.15) is 0 Å². The minimum atomic E-state index is 0.479. The first-order chi connectivity index (χ1) is 11.3. The Morgan fingerprint density at radius 3 is 2.26 bits per heavy atom. The molecule has 23 heavy (non-hydrogen) atoms. The number of fused-ring (bicyclic) bond motifs is 1. The van der Waals surface area contributed by atoms with Gasteiger partial charge in [0, 0.05) is 11.1 Å². The minimum Gasteiger partial charge on any atom is -0.497 e. The average Bonchev–Trinajstić information content (AvgIpc) is 3.11. The SMILES string of the molecule is COc1cccc(-c2nnc(-c3ccc4ccccc4c3)o2)c1. The highest BCUT2D eigenvalue weighted by Crippen LogP contribution is 2.28. The predicted octanol–water partition coefficient (Wildman–Crippen LogP) is 4.57. The summed E-state index contributed by atoms with van der Waals surface area (Å²) >= 11 is 0. The lowest BCUT2D eigenvalue weighted by Gasteiger charge is -2.01. The van der Waals surface area contributed by atoms with Gasteiger partial charge in [-0.15, -0.1) is 10.2 Å². The van der Waals surface area contributed by atoms with Crippen LogP contribution in [0.3, 0.4) is 0 Å². The van der Waals surface area contributed by atoms with E-state index in [-0.39, 0.29) is 0 Å². The molecule has 0 aliphatic carbocycles. The molecule has 0 bridgehead atoms. The summed E-state index contributed by atoms with van der Waals surface area (Å²) in [4.78, 5) is 0. The van der Waals surface area contributed by atoms with Gasteiger partial charge in [0.15, 0.2) is 0 Å². The van der Waals surface area contributed by atoms with Crippen molar-refractivity contribution < 1.29 is 9.15 Å². The molecule has 4 heteroatoms. The van der Waals surface area contributed by atoms with Crippen LogP contribution in [0.15, 0.2) is 71.1 Å². The largest absolute Gasteiger partial charge is 0.497 e. The molecule has 0 fully saturated rings. The number of ether oxygens (including phenoxy) is 1. The zero-order valence-corrected chi connectivity index (χ0v) is 12.6. The van der Waals surface area contributed by atoms with Gasteiger partial charge >= 0.3 is 0 Å². The van der Waals surface area contributed by atoms with Gasteiger partial charge in [-0.3, -0.25) is 0 Å². The van der Waals surface area contributed by atoms with Gasteiger partial charge in [-0.25, -0.2) is 0 Å². The van der Waals surface area contributed by atoms with E-state index < -0.39 is 0 Å². The number of rotatable bonds is 3. The second-order valence-corrected chi connectivity index (χ2v) is 5.21.